The first-order valence-corrected chi connectivity index (χ1v) is 6.73. The molecule has 3 aromatic rings. The monoisotopic (exact) mass is 300 g/mol. The molecule has 0 bridgehead atoms. The van der Waals surface area contributed by atoms with Crippen molar-refractivity contribution in [3.63, 3.8) is 0 Å². The number of nitrogens with one attached hydrogen (secondary N) is 1. The van der Waals surface area contributed by atoms with Crippen molar-refractivity contribution in [2.24, 2.45) is 0 Å². The molecule has 0 aliphatic rings. The molecule has 112 valence electrons. The summed E-state index contributed by atoms with van der Waals surface area (Å²) in [6, 6.07) is 10.8. The highest BCUT2D eigenvalue weighted by Crippen LogP contribution is 2.29. The second-order valence-electron chi connectivity index (χ2n) is 4.73. The quantitative estimate of drug-likeness (QED) is 0.775. The number of rotatable bonds is 4. The van der Waals surface area contributed by atoms with Crippen molar-refractivity contribution < 1.29 is 18.8 Å². The maximum absolute atomic E-state index is 13.0. The van der Waals surface area contributed by atoms with Crippen molar-refractivity contribution >= 4 is 16.8 Å². The van der Waals surface area contributed by atoms with Gasteiger partial charge in [-0.3, -0.25) is 4.79 Å². The summed E-state index contributed by atoms with van der Waals surface area (Å²) in [6.45, 7) is 0.0629. The second-order valence-corrected chi connectivity index (χ2v) is 4.73. The summed E-state index contributed by atoms with van der Waals surface area (Å²) in [5, 5.41) is 15.9. The van der Waals surface area contributed by atoms with Gasteiger partial charge in [-0.05, 0) is 42.5 Å². The first kappa shape index (κ1) is 14.2. The van der Waals surface area contributed by atoms with Crippen LogP contribution in [0.15, 0.2) is 47.0 Å². The number of aromatic nitrogens is 1. The highest BCUT2D eigenvalue weighted by Gasteiger charge is 2.14. The van der Waals surface area contributed by atoms with E-state index < -0.39 is 0 Å². The van der Waals surface area contributed by atoms with Crippen LogP contribution in [0.5, 0.6) is 0 Å². The topological polar surface area (TPSA) is 75.4 Å². The van der Waals surface area contributed by atoms with Crippen LogP contribution in [0.4, 0.5) is 4.39 Å². The van der Waals surface area contributed by atoms with Gasteiger partial charge >= 0.3 is 0 Å². The van der Waals surface area contributed by atoms with E-state index in [0.717, 1.165) is 0 Å². The summed E-state index contributed by atoms with van der Waals surface area (Å²) < 4.78 is 18.3. The van der Waals surface area contributed by atoms with Crippen LogP contribution in [-0.2, 0) is 0 Å². The van der Waals surface area contributed by atoms with E-state index in [1.54, 1.807) is 30.3 Å². The third-order valence-corrected chi connectivity index (χ3v) is 3.24. The molecule has 0 saturated carbocycles. The van der Waals surface area contributed by atoms with Crippen LogP contribution in [0, 0.1) is 5.82 Å². The SMILES string of the molecule is O=C(NCCO)c1ccc2noc(-c3ccc(F)cc3)c2c1. The molecule has 0 fully saturated rings. The largest absolute Gasteiger partial charge is 0.395 e. The van der Waals surface area contributed by atoms with Crippen LogP contribution in [0.25, 0.3) is 22.2 Å². The minimum atomic E-state index is -0.336. The van der Waals surface area contributed by atoms with Gasteiger partial charge < -0.3 is 14.9 Å². The molecule has 0 aliphatic carbocycles. The minimum Gasteiger partial charge on any atom is -0.395 e. The summed E-state index contributed by atoms with van der Waals surface area (Å²) in [5.74, 6) is -0.148. The molecule has 0 aliphatic heterocycles. The minimum absolute atomic E-state index is 0.123. The molecular formula is C16H13FN2O3. The Hall–Kier alpha value is -2.73. The number of halogens is 1. The van der Waals surface area contributed by atoms with Crippen LogP contribution in [-0.4, -0.2) is 29.3 Å². The highest BCUT2D eigenvalue weighted by atomic mass is 19.1. The highest BCUT2D eigenvalue weighted by molar-refractivity contribution is 6.00. The van der Waals surface area contributed by atoms with Crippen molar-refractivity contribution in [2.75, 3.05) is 13.2 Å². The number of fused-ring (bicyclic) bond motifs is 1. The number of aliphatic hydroxyl groups excluding tert-OH is 1. The number of aliphatic hydroxyl groups is 1. The molecule has 1 heterocycles. The summed E-state index contributed by atoms with van der Waals surface area (Å²) >= 11 is 0. The summed E-state index contributed by atoms with van der Waals surface area (Å²) in [4.78, 5) is 11.9. The van der Waals surface area contributed by atoms with Gasteiger partial charge in [-0.25, -0.2) is 4.39 Å². The van der Waals surface area contributed by atoms with Gasteiger partial charge in [0.2, 0.25) is 0 Å². The van der Waals surface area contributed by atoms with Gasteiger partial charge in [0.15, 0.2) is 5.76 Å². The Labute approximate surface area is 125 Å². The maximum atomic E-state index is 13.0. The first-order valence-electron chi connectivity index (χ1n) is 6.73. The fourth-order valence-corrected chi connectivity index (χ4v) is 2.16. The van der Waals surface area contributed by atoms with E-state index in [-0.39, 0.29) is 24.9 Å². The average molecular weight is 300 g/mol. The Morgan fingerprint density at radius 3 is 2.73 bits per heavy atom. The molecule has 2 N–H and O–H groups in total. The summed E-state index contributed by atoms with van der Waals surface area (Å²) in [5.41, 5.74) is 1.72. The summed E-state index contributed by atoms with van der Waals surface area (Å²) in [7, 11) is 0. The van der Waals surface area contributed by atoms with E-state index in [0.29, 0.717) is 27.8 Å². The molecule has 0 saturated heterocycles. The molecule has 1 amide bonds. The molecule has 0 atom stereocenters. The number of hydrogen-bond donors (Lipinski definition) is 2. The summed E-state index contributed by atoms with van der Waals surface area (Å²) in [6.07, 6.45) is 0. The number of amides is 1. The van der Waals surface area contributed by atoms with Gasteiger partial charge in [-0.1, -0.05) is 5.16 Å². The molecule has 0 unspecified atom stereocenters. The van der Waals surface area contributed by atoms with Crippen molar-refractivity contribution in [1.82, 2.24) is 10.5 Å². The molecule has 0 radical (unpaired) electrons. The van der Waals surface area contributed by atoms with Gasteiger partial charge in [0.25, 0.3) is 5.91 Å². The van der Waals surface area contributed by atoms with Crippen LogP contribution in [0.1, 0.15) is 10.4 Å². The Morgan fingerprint density at radius 1 is 1.23 bits per heavy atom. The maximum Gasteiger partial charge on any atom is 0.251 e. The molecule has 2 aromatic carbocycles. The van der Waals surface area contributed by atoms with Crippen molar-refractivity contribution in [1.29, 1.82) is 0 Å². The van der Waals surface area contributed by atoms with E-state index in [1.807, 2.05) is 0 Å². The lowest BCUT2D eigenvalue weighted by molar-refractivity contribution is 0.0945. The number of carbonyl (C=O) groups excluding carboxylic acids is 1. The van der Waals surface area contributed by atoms with Crippen LogP contribution in [0.2, 0.25) is 0 Å². The van der Waals surface area contributed by atoms with E-state index in [1.165, 1.54) is 12.1 Å². The van der Waals surface area contributed by atoms with Crippen molar-refractivity contribution in [3.8, 4) is 11.3 Å². The van der Waals surface area contributed by atoms with Gasteiger partial charge in [-0.15, -0.1) is 0 Å². The zero-order valence-electron chi connectivity index (χ0n) is 11.5. The predicted molar refractivity (Wildman–Crippen MR) is 78.8 cm³/mol. The zero-order chi connectivity index (χ0) is 15.5. The molecule has 3 rings (SSSR count). The molecule has 5 nitrogen and oxygen atoms in total. The van der Waals surface area contributed by atoms with E-state index >= 15 is 0 Å². The zero-order valence-corrected chi connectivity index (χ0v) is 11.5. The number of benzene rings is 2. The fourth-order valence-electron chi connectivity index (χ4n) is 2.16. The van der Waals surface area contributed by atoms with E-state index in [9.17, 15) is 9.18 Å². The predicted octanol–water partition coefficient (Wildman–Crippen LogP) is 2.36. The van der Waals surface area contributed by atoms with E-state index in [4.69, 9.17) is 9.63 Å². The molecular weight excluding hydrogens is 287 g/mol. The smallest absolute Gasteiger partial charge is 0.251 e. The number of nitrogens with zero attached hydrogens (tertiary/aromatic N) is 1. The molecule has 0 spiro atoms. The lowest BCUT2D eigenvalue weighted by atomic mass is 10.1. The van der Waals surface area contributed by atoms with Crippen molar-refractivity contribution in [2.45, 2.75) is 0 Å². The second kappa shape index (κ2) is 5.95. The molecule has 22 heavy (non-hydrogen) atoms. The van der Waals surface area contributed by atoms with E-state index in [2.05, 4.69) is 10.5 Å². The molecule has 1 aromatic heterocycles. The Bertz CT molecular complexity index is 812. The standard InChI is InChI=1S/C16H13FN2O3/c17-12-4-1-10(2-5-12)15-13-9-11(16(21)18-7-8-20)3-6-14(13)19-22-15/h1-6,9,20H,7-8H2,(H,18,21). The Kier molecular flexibility index (Phi) is 3.84. The van der Waals surface area contributed by atoms with Crippen LogP contribution < -0.4 is 5.32 Å². The van der Waals surface area contributed by atoms with Crippen LogP contribution in [0.3, 0.4) is 0 Å². The van der Waals surface area contributed by atoms with Gasteiger partial charge in [0.05, 0.1) is 12.0 Å². The average Bonchev–Trinajstić information content (AvgIpc) is 2.96. The Morgan fingerprint density at radius 2 is 2.00 bits per heavy atom. The molecule has 6 heteroatoms. The van der Waals surface area contributed by atoms with Crippen molar-refractivity contribution in [3.05, 3.63) is 53.8 Å². The third kappa shape index (κ3) is 2.68. The number of carbonyl (C=O) groups is 1. The number of hydrogen-bond acceptors (Lipinski definition) is 4. The lowest BCUT2D eigenvalue weighted by Gasteiger charge is -2.03. The lowest BCUT2D eigenvalue weighted by Crippen LogP contribution is -2.26. The normalized spacial score (nSPS) is 10.8. The first-order chi connectivity index (χ1) is 10.7. The Balaban J connectivity index is 2.01. The van der Waals surface area contributed by atoms with Gasteiger partial charge in [0.1, 0.15) is 11.3 Å². The van der Waals surface area contributed by atoms with Gasteiger partial charge in [0, 0.05) is 17.7 Å². The van der Waals surface area contributed by atoms with Crippen LogP contribution >= 0.6 is 0 Å². The fraction of sp³-hybridized carbons (Fsp3) is 0.125. The van der Waals surface area contributed by atoms with Gasteiger partial charge in [-0.2, -0.15) is 0 Å². The third-order valence-electron chi connectivity index (χ3n) is 3.24.